The Hall–Kier alpha value is -2.93. The molecule has 1 heterocycles. The average Bonchev–Trinajstić information content (AvgIpc) is 2.65. The van der Waals surface area contributed by atoms with Crippen molar-refractivity contribution in [2.45, 2.75) is 13.8 Å². The SMILES string of the molecule is COc1cc(OC)c(Cl)c(-c2c(C)oc(=O)c(C)c2-c2c(F)cc(F)cc2F)c1. The topological polar surface area (TPSA) is 48.7 Å². The second-order valence-electron chi connectivity index (χ2n) is 6.26. The van der Waals surface area contributed by atoms with Gasteiger partial charge in [-0.05, 0) is 19.9 Å². The summed E-state index contributed by atoms with van der Waals surface area (Å²) in [4.78, 5) is 12.3. The van der Waals surface area contributed by atoms with E-state index in [9.17, 15) is 18.0 Å². The van der Waals surface area contributed by atoms with Crippen molar-refractivity contribution >= 4 is 11.6 Å². The highest BCUT2D eigenvalue weighted by Gasteiger charge is 2.26. The van der Waals surface area contributed by atoms with Crippen LogP contribution < -0.4 is 15.1 Å². The van der Waals surface area contributed by atoms with Crippen LogP contribution in [0.1, 0.15) is 11.3 Å². The van der Waals surface area contributed by atoms with Crippen molar-refractivity contribution in [1.82, 2.24) is 0 Å². The summed E-state index contributed by atoms with van der Waals surface area (Å²) in [6, 6.07) is 4.14. The lowest BCUT2D eigenvalue weighted by Crippen LogP contribution is -2.10. The lowest BCUT2D eigenvalue weighted by Gasteiger charge is -2.18. The smallest absolute Gasteiger partial charge is 0.339 e. The van der Waals surface area contributed by atoms with Crippen molar-refractivity contribution in [1.29, 1.82) is 0 Å². The number of rotatable bonds is 4. The molecule has 0 N–H and O–H groups in total. The van der Waals surface area contributed by atoms with Gasteiger partial charge in [-0.1, -0.05) is 11.6 Å². The molecule has 3 rings (SSSR count). The van der Waals surface area contributed by atoms with Crippen LogP contribution in [0.4, 0.5) is 13.2 Å². The van der Waals surface area contributed by atoms with E-state index in [0.717, 1.165) is 0 Å². The number of halogens is 4. The van der Waals surface area contributed by atoms with Crippen molar-refractivity contribution in [2.24, 2.45) is 0 Å². The molecule has 3 aromatic rings. The summed E-state index contributed by atoms with van der Waals surface area (Å²) in [5, 5.41) is 0.119. The van der Waals surface area contributed by atoms with Crippen LogP contribution in [-0.4, -0.2) is 14.2 Å². The third kappa shape index (κ3) is 3.58. The largest absolute Gasteiger partial charge is 0.497 e. The predicted octanol–water partition coefficient (Wildman–Crippen LogP) is 5.68. The summed E-state index contributed by atoms with van der Waals surface area (Å²) in [6.45, 7) is 2.82. The van der Waals surface area contributed by atoms with Gasteiger partial charge in [-0.3, -0.25) is 0 Å². The summed E-state index contributed by atoms with van der Waals surface area (Å²) in [6.07, 6.45) is 0. The molecule has 0 saturated carbocycles. The van der Waals surface area contributed by atoms with E-state index in [2.05, 4.69) is 0 Å². The molecule has 8 heteroatoms. The number of hydrogen-bond donors (Lipinski definition) is 0. The van der Waals surface area contributed by atoms with Crippen LogP contribution in [0.15, 0.2) is 33.5 Å². The molecule has 0 radical (unpaired) electrons. The minimum Gasteiger partial charge on any atom is -0.497 e. The van der Waals surface area contributed by atoms with Gasteiger partial charge in [-0.15, -0.1) is 0 Å². The van der Waals surface area contributed by atoms with Gasteiger partial charge in [0.25, 0.3) is 0 Å². The van der Waals surface area contributed by atoms with E-state index in [1.165, 1.54) is 40.2 Å². The molecule has 1 aromatic heterocycles. The number of ether oxygens (including phenoxy) is 2. The Morgan fingerprint density at radius 1 is 0.897 bits per heavy atom. The van der Waals surface area contributed by atoms with Gasteiger partial charge in [-0.2, -0.15) is 0 Å². The Balaban J connectivity index is 2.52. The summed E-state index contributed by atoms with van der Waals surface area (Å²) in [7, 11) is 2.82. The normalized spacial score (nSPS) is 10.9. The number of benzene rings is 2. The Morgan fingerprint density at radius 2 is 1.52 bits per heavy atom. The van der Waals surface area contributed by atoms with Crippen molar-refractivity contribution in [2.75, 3.05) is 14.2 Å². The fraction of sp³-hybridized carbons (Fsp3) is 0.190. The highest BCUT2D eigenvalue weighted by atomic mass is 35.5. The molecule has 0 aliphatic rings. The monoisotopic (exact) mass is 424 g/mol. The molecule has 0 saturated heterocycles. The summed E-state index contributed by atoms with van der Waals surface area (Å²) in [5.74, 6) is -2.74. The molecule has 0 amide bonds. The Morgan fingerprint density at radius 3 is 2.07 bits per heavy atom. The lowest BCUT2D eigenvalue weighted by atomic mass is 9.90. The minimum absolute atomic E-state index is 0.0622. The first-order chi connectivity index (χ1) is 13.7. The predicted molar refractivity (Wildman–Crippen MR) is 103 cm³/mol. The molecule has 152 valence electrons. The first-order valence-electron chi connectivity index (χ1n) is 8.40. The van der Waals surface area contributed by atoms with E-state index in [4.69, 9.17) is 25.5 Å². The van der Waals surface area contributed by atoms with E-state index in [0.29, 0.717) is 17.9 Å². The molecular formula is C21H16ClF3O4. The van der Waals surface area contributed by atoms with Crippen molar-refractivity contribution in [3.63, 3.8) is 0 Å². The third-order valence-corrected chi connectivity index (χ3v) is 4.91. The van der Waals surface area contributed by atoms with E-state index in [-0.39, 0.29) is 38.8 Å². The molecule has 0 bridgehead atoms. The maximum atomic E-state index is 14.6. The summed E-state index contributed by atoms with van der Waals surface area (Å²) >= 11 is 6.45. The molecule has 29 heavy (non-hydrogen) atoms. The highest BCUT2D eigenvalue weighted by Crippen LogP contribution is 2.45. The van der Waals surface area contributed by atoms with Gasteiger partial charge in [0.2, 0.25) is 0 Å². The van der Waals surface area contributed by atoms with Crippen LogP contribution in [0, 0.1) is 31.3 Å². The molecule has 2 aromatic carbocycles. The zero-order valence-electron chi connectivity index (χ0n) is 16.0. The summed E-state index contributed by atoms with van der Waals surface area (Å²) in [5.41, 5.74) is -1.07. The molecule has 0 fully saturated rings. The second kappa shape index (κ2) is 7.83. The van der Waals surface area contributed by atoms with Gasteiger partial charge in [0.05, 0.1) is 24.8 Å². The molecule has 0 spiro atoms. The maximum Gasteiger partial charge on any atom is 0.339 e. The second-order valence-corrected chi connectivity index (χ2v) is 6.63. The van der Waals surface area contributed by atoms with Gasteiger partial charge in [0, 0.05) is 40.5 Å². The number of methoxy groups -OCH3 is 2. The van der Waals surface area contributed by atoms with Crippen LogP contribution in [0.2, 0.25) is 5.02 Å². The van der Waals surface area contributed by atoms with Crippen LogP contribution in [-0.2, 0) is 0 Å². The van der Waals surface area contributed by atoms with Gasteiger partial charge >= 0.3 is 5.63 Å². The van der Waals surface area contributed by atoms with Crippen LogP contribution in [0.25, 0.3) is 22.3 Å². The molecular weight excluding hydrogens is 409 g/mol. The highest BCUT2D eigenvalue weighted by molar-refractivity contribution is 6.35. The molecule has 0 aliphatic heterocycles. The van der Waals surface area contributed by atoms with E-state index in [1.54, 1.807) is 0 Å². The fourth-order valence-corrected chi connectivity index (χ4v) is 3.45. The van der Waals surface area contributed by atoms with Crippen molar-refractivity contribution in [3.05, 3.63) is 68.5 Å². The third-order valence-electron chi connectivity index (χ3n) is 4.52. The van der Waals surface area contributed by atoms with Gasteiger partial charge < -0.3 is 13.9 Å². The van der Waals surface area contributed by atoms with E-state index in [1.807, 2.05) is 0 Å². The zero-order chi connectivity index (χ0) is 21.5. The fourth-order valence-electron chi connectivity index (χ4n) is 3.17. The Labute approximate surface area is 169 Å². The van der Waals surface area contributed by atoms with Crippen LogP contribution in [0.3, 0.4) is 0 Å². The first-order valence-corrected chi connectivity index (χ1v) is 8.78. The van der Waals surface area contributed by atoms with Crippen LogP contribution >= 0.6 is 11.6 Å². The molecule has 0 unspecified atom stereocenters. The zero-order valence-corrected chi connectivity index (χ0v) is 16.7. The first kappa shape index (κ1) is 20.8. The average molecular weight is 425 g/mol. The molecule has 4 nitrogen and oxygen atoms in total. The number of hydrogen-bond acceptors (Lipinski definition) is 4. The Bertz CT molecular complexity index is 1150. The van der Waals surface area contributed by atoms with Gasteiger partial charge in [0.1, 0.15) is 34.7 Å². The lowest BCUT2D eigenvalue weighted by molar-refractivity contribution is 0.395. The van der Waals surface area contributed by atoms with E-state index < -0.39 is 28.6 Å². The molecule has 0 atom stereocenters. The van der Waals surface area contributed by atoms with Crippen molar-refractivity contribution in [3.8, 4) is 33.8 Å². The standard InChI is InChI=1S/C21H16ClF3O4/c1-9-17(19-14(24)5-11(23)6-15(19)25)18(10(2)29-21(9)26)13-7-12(27-3)8-16(28-4)20(13)22/h5-8H,1-4H3. The van der Waals surface area contributed by atoms with Crippen LogP contribution in [0.5, 0.6) is 11.5 Å². The Kier molecular flexibility index (Phi) is 5.61. The van der Waals surface area contributed by atoms with Gasteiger partial charge in [0.15, 0.2) is 0 Å². The van der Waals surface area contributed by atoms with Gasteiger partial charge in [-0.25, -0.2) is 18.0 Å². The maximum absolute atomic E-state index is 14.6. The van der Waals surface area contributed by atoms with Crippen molar-refractivity contribution < 1.29 is 27.1 Å². The minimum atomic E-state index is -1.16. The number of aryl methyl sites for hydroxylation is 1. The quantitative estimate of drug-likeness (QED) is 0.540. The summed E-state index contributed by atoms with van der Waals surface area (Å²) < 4.78 is 58.5. The molecule has 0 aliphatic carbocycles. The van der Waals surface area contributed by atoms with E-state index >= 15 is 0 Å².